The Bertz CT molecular complexity index is 909. The predicted octanol–water partition coefficient (Wildman–Crippen LogP) is 4.58. The Morgan fingerprint density at radius 3 is 2.75 bits per heavy atom. The third kappa shape index (κ3) is 4.95. The fourth-order valence-corrected chi connectivity index (χ4v) is 3.79. The summed E-state index contributed by atoms with van der Waals surface area (Å²) in [6.45, 7) is 7.17. The minimum absolute atomic E-state index is 0.0637. The average Bonchev–Trinajstić information content (AvgIpc) is 3.15. The SMILES string of the molecule is CCOc1ccccc1-c1nc(CC(=O)N(Cc2cccnc2)C(C)C)cs1. The number of pyridine rings is 1. The molecule has 6 heteroatoms. The van der Waals surface area contributed by atoms with E-state index in [0.717, 1.165) is 27.6 Å². The number of hydrogen-bond donors (Lipinski definition) is 0. The van der Waals surface area contributed by atoms with E-state index in [9.17, 15) is 4.79 Å². The number of carbonyl (C=O) groups excluding carboxylic acids is 1. The van der Waals surface area contributed by atoms with E-state index in [1.54, 1.807) is 12.4 Å². The Kier molecular flexibility index (Phi) is 6.76. The van der Waals surface area contributed by atoms with Crippen molar-refractivity contribution < 1.29 is 9.53 Å². The molecule has 0 radical (unpaired) electrons. The number of para-hydroxylation sites is 1. The lowest BCUT2D eigenvalue weighted by Crippen LogP contribution is -2.37. The van der Waals surface area contributed by atoms with E-state index in [4.69, 9.17) is 9.72 Å². The van der Waals surface area contributed by atoms with Gasteiger partial charge in [-0.3, -0.25) is 9.78 Å². The topological polar surface area (TPSA) is 55.3 Å². The van der Waals surface area contributed by atoms with Gasteiger partial charge in [0.05, 0.1) is 24.3 Å². The van der Waals surface area contributed by atoms with Crippen molar-refractivity contribution in [3.63, 3.8) is 0 Å². The summed E-state index contributed by atoms with van der Waals surface area (Å²) in [6, 6.07) is 11.8. The fourth-order valence-electron chi connectivity index (χ4n) is 2.94. The second kappa shape index (κ2) is 9.46. The highest BCUT2D eigenvalue weighted by Crippen LogP contribution is 2.32. The van der Waals surface area contributed by atoms with Crippen molar-refractivity contribution in [1.82, 2.24) is 14.9 Å². The molecule has 0 unspecified atom stereocenters. The maximum absolute atomic E-state index is 12.9. The van der Waals surface area contributed by atoms with Gasteiger partial charge in [-0.1, -0.05) is 18.2 Å². The molecule has 5 nitrogen and oxygen atoms in total. The van der Waals surface area contributed by atoms with Crippen molar-refractivity contribution in [2.24, 2.45) is 0 Å². The van der Waals surface area contributed by atoms with E-state index in [1.165, 1.54) is 11.3 Å². The van der Waals surface area contributed by atoms with Crippen LogP contribution in [0.25, 0.3) is 10.6 Å². The van der Waals surface area contributed by atoms with Crippen molar-refractivity contribution in [3.8, 4) is 16.3 Å². The summed E-state index contributed by atoms with van der Waals surface area (Å²) in [5, 5.41) is 2.83. The average molecular weight is 396 g/mol. The molecule has 0 saturated carbocycles. The summed E-state index contributed by atoms with van der Waals surface area (Å²) in [4.78, 5) is 23.6. The Labute approximate surface area is 170 Å². The number of aromatic nitrogens is 2. The van der Waals surface area contributed by atoms with Crippen LogP contribution in [0.3, 0.4) is 0 Å². The molecule has 0 saturated heterocycles. The highest BCUT2D eigenvalue weighted by molar-refractivity contribution is 7.13. The maximum Gasteiger partial charge on any atom is 0.229 e. The molecule has 2 heterocycles. The first-order chi connectivity index (χ1) is 13.6. The largest absolute Gasteiger partial charge is 0.493 e. The van der Waals surface area contributed by atoms with Crippen LogP contribution in [-0.4, -0.2) is 33.4 Å². The summed E-state index contributed by atoms with van der Waals surface area (Å²) < 4.78 is 5.70. The van der Waals surface area contributed by atoms with Crippen LogP contribution < -0.4 is 4.74 Å². The first-order valence-corrected chi connectivity index (χ1v) is 10.3. The van der Waals surface area contributed by atoms with Gasteiger partial charge < -0.3 is 9.64 Å². The summed E-state index contributed by atoms with van der Waals surface area (Å²) in [5.41, 5.74) is 2.77. The zero-order valence-corrected chi connectivity index (χ0v) is 17.3. The second-order valence-electron chi connectivity index (χ2n) is 6.73. The normalized spacial score (nSPS) is 10.9. The van der Waals surface area contributed by atoms with Gasteiger partial charge >= 0.3 is 0 Å². The molecule has 28 heavy (non-hydrogen) atoms. The molecule has 146 valence electrons. The predicted molar refractivity (Wildman–Crippen MR) is 112 cm³/mol. The summed E-state index contributed by atoms with van der Waals surface area (Å²) in [6.07, 6.45) is 3.82. The zero-order chi connectivity index (χ0) is 19.9. The van der Waals surface area contributed by atoms with Crippen molar-refractivity contribution in [1.29, 1.82) is 0 Å². The molecule has 0 N–H and O–H groups in total. The molecule has 1 amide bonds. The lowest BCUT2D eigenvalue weighted by molar-refractivity contribution is -0.132. The van der Waals surface area contributed by atoms with E-state index in [-0.39, 0.29) is 18.4 Å². The maximum atomic E-state index is 12.9. The Hall–Kier alpha value is -2.73. The minimum Gasteiger partial charge on any atom is -0.493 e. The number of rotatable bonds is 8. The lowest BCUT2D eigenvalue weighted by Gasteiger charge is -2.26. The van der Waals surface area contributed by atoms with E-state index >= 15 is 0 Å². The molecular weight excluding hydrogens is 370 g/mol. The Morgan fingerprint density at radius 1 is 1.21 bits per heavy atom. The van der Waals surface area contributed by atoms with Crippen LogP contribution in [0, 0.1) is 0 Å². The number of amides is 1. The highest BCUT2D eigenvalue weighted by Gasteiger charge is 2.19. The van der Waals surface area contributed by atoms with Gasteiger partial charge in [0.25, 0.3) is 0 Å². The summed E-state index contributed by atoms with van der Waals surface area (Å²) >= 11 is 1.54. The van der Waals surface area contributed by atoms with Gasteiger partial charge in [-0.05, 0) is 44.5 Å². The van der Waals surface area contributed by atoms with Crippen molar-refractivity contribution in [3.05, 3.63) is 65.4 Å². The van der Waals surface area contributed by atoms with E-state index in [1.807, 2.05) is 67.4 Å². The minimum atomic E-state index is 0.0637. The standard InChI is InChI=1S/C22H25N3O2S/c1-4-27-20-10-6-5-9-19(20)22-24-18(15-28-22)12-21(26)25(16(2)3)14-17-8-7-11-23-13-17/h5-11,13,15-16H,4,12,14H2,1-3H3. The summed E-state index contributed by atoms with van der Waals surface area (Å²) in [5.74, 6) is 0.881. The van der Waals surface area contributed by atoms with Crippen LogP contribution >= 0.6 is 11.3 Å². The van der Waals surface area contributed by atoms with Crippen molar-refractivity contribution in [2.75, 3.05) is 6.61 Å². The Balaban J connectivity index is 1.74. The number of nitrogens with zero attached hydrogens (tertiary/aromatic N) is 3. The van der Waals surface area contributed by atoms with Crippen molar-refractivity contribution in [2.45, 2.75) is 39.8 Å². The highest BCUT2D eigenvalue weighted by atomic mass is 32.1. The third-order valence-corrected chi connectivity index (χ3v) is 5.25. The van der Waals surface area contributed by atoms with Gasteiger partial charge in [0.2, 0.25) is 5.91 Å². The van der Waals surface area contributed by atoms with Gasteiger partial charge in [0, 0.05) is 30.4 Å². The van der Waals surface area contributed by atoms with Crippen LogP contribution in [-0.2, 0) is 17.8 Å². The van der Waals surface area contributed by atoms with Gasteiger partial charge in [0.15, 0.2) is 0 Å². The number of benzene rings is 1. The molecule has 0 aliphatic carbocycles. The van der Waals surface area contributed by atoms with Gasteiger partial charge in [0.1, 0.15) is 10.8 Å². The van der Waals surface area contributed by atoms with Gasteiger partial charge in [-0.25, -0.2) is 4.98 Å². The molecule has 0 aliphatic heterocycles. The molecular formula is C22H25N3O2S. The molecule has 1 aromatic carbocycles. The van der Waals surface area contributed by atoms with E-state index in [0.29, 0.717) is 13.2 Å². The van der Waals surface area contributed by atoms with Crippen LogP contribution in [0.15, 0.2) is 54.2 Å². The number of carbonyl (C=O) groups is 1. The van der Waals surface area contributed by atoms with Crippen LogP contribution in [0.4, 0.5) is 0 Å². The van der Waals surface area contributed by atoms with Gasteiger partial charge in [-0.2, -0.15) is 0 Å². The lowest BCUT2D eigenvalue weighted by atomic mass is 10.2. The van der Waals surface area contributed by atoms with E-state index < -0.39 is 0 Å². The molecule has 0 bridgehead atoms. The second-order valence-corrected chi connectivity index (χ2v) is 7.58. The summed E-state index contributed by atoms with van der Waals surface area (Å²) in [7, 11) is 0. The zero-order valence-electron chi connectivity index (χ0n) is 16.5. The fraction of sp³-hybridized carbons (Fsp3) is 0.318. The number of hydrogen-bond acceptors (Lipinski definition) is 5. The van der Waals surface area contributed by atoms with Crippen LogP contribution in [0.1, 0.15) is 32.0 Å². The first kappa shape index (κ1) is 20.0. The van der Waals surface area contributed by atoms with Gasteiger partial charge in [-0.15, -0.1) is 11.3 Å². The van der Waals surface area contributed by atoms with E-state index in [2.05, 4.69) is 4.98 Å². The number of ether oxygens (including phenoxy) is 1. The van der Waals surface area contributed by atoms with Crippen LogP contribution in [0.5, 0.6) is 5.75 Å². The monoisotopic (exact) mass is 395 g/mol. The first-order valence-electron chi connectivity index (χ1n) is 9.43. The molecule has 0 atom stereocenters. The quantitative estimate of drug-likeness (QED) is 0.560. The third-order valence-electron chi connectivity index (χ3n) is 4.32. The molecule has 3 aromatic rings. The van der Waals surface area contributed by atoms with Crippen molar-refractivity contribution >= 4 is 17.2 Å². The smallest absolute Gasteiger partial charge is 0.229 e. The number of thiazole rings is 1. The Morgan fingerprint density at radius 2 is 2.04 bits per heavy atom. The molecule has 0 aliphatic rings. The molecule has 2 aromatic heterocycles. The van der Waals surface area contributed by atoms with Crippen LogP contribution in [0.2, 0.25) is 0 Å². The molecule has 3 rings (SSSR count). The molecule has 0 spiro atoms. The molecule has 0 fully saturated rings.